The topological polar surface area (TPSA) is 84.7 Å². The highest BCUT2D eigenvalue weighted by molar-refractivity contribution is 5.99. The number of hydrogen-bond donors (Lipinski definition) is 2. The number of nitrogens with one attached hydrogen (secondary N) is 2. The summed E-state index contributed by atoms with van der Waals surface area (Å²) in [5.74, 6) is 1.08. The Hall–Kier alpha value is -3.43. The van der Waals surface area contributed by atoms with Crippen LogP contribution < -0.4 is 10.6 Å². The average molecular weight is 362 g/mol. The highest BCUT2D eigenvalue weighted by atomic mass is 19.4. The number of amides is 2. The van der Waals surface area contributed by atoms with E-state index in [9.17, 15) is 18.0 Å². The quantitative estimate of drug-likeness (QED) is 0.745. The molecule has 0 bridgehead atoms. The molecule has 3 aromatic rings. The van der Waals surface area contributed by atoms with Crippen LogP contribution >= 0.6 is 0 Å². The van der Waals surface area contributed by atoms with Crippen molar-refractivity contribution in [3.05, 3.63) is 60.4 Å². The van der Waals surface area contributed by atoms with Crippen LogP contribution in [0.5, 0.6) is 0 Å². The smallest absolute Gasteiger partial charge is 0.308 e. The van der Waals surface area contributed by atoms with Crippen LogP contribution in [0, 0.1) is 6.92 Å². The van der Waals surface area contributed by atoms with Crippen LogP contribution in [0.15, 0.2) is 49.1 Å². The number of carbonyl (C=O) groups is 1. The Morgan fingerprint density at radius 1 is 1.08 bits per heavy atom. The van der Waals surface area contributed by atoms with Gasteiger partial charge in [0.25, 0.3) is 0 Å². The van der Waals surface area contributed by atoms with Crippen molar-refractivity contribution >= 4 is 17.4 Å². The van der Waals surface area contributed by atoms with Gasteiger partial charge in [-0.25, -0.2) is 19.7 Å². The molecule has 0 aliphatic heterocycles. The van der Waals surface area contributed by atoms with Crippen molar-refractivity contribution in [3.63, 3.8) is 0 Å². The van der Waals surface area contributed by atoms with E-state index < -0.39 is 17.8 Å². The van der Waals surface area contributed by atoms with Gasteiger partial charge >= 0.3 is 12.2 Å². The van der Waals surface area contributed by atoms with Crippen molar-refractivity contribution in [2.24, 2.45) is 0 Å². The maximum absolute atomic E-state index is 12.7. The van der Waals surface area contributed by atoms with Gasteiger partial charge in [0.1, 0.15) is 5.82 Å². The van der Waals surface area contributed by atoms with E-state index in [1.54, 1.807) is 23.9 Å². The van der Waals surface area contributed by atoms with Crippen LogP contribution in [0.1, 0.15) is 11.4 Å². The third-order valence-corrected chi connectivity index (χ3v) is 3.39. The van der Waals surface area contributed by atoms with Gasteiger partial charge in [0.2, 0.25) is 5.95 Å². The second kappa shape index (κ2) is 6.82. The number of aromatic nitrogens is 4. The first-order valence-corrected chi connectivity index (χ1v) is 7.40. The molecule has 2 heterocycles. The summed E-state index contributed by atoms with van der Waals surface area (Å²) in [5, 5.41) is 4.79. The standard InChI is InChI=1S/C16H13F3N6O/c1-10-20-5-6-25(10)14-21-8-13(9-22-14)24-15(26)23-12-4-2-3-11(7-12)16(17,18)19/h2-9H,1H3,(H2,23,24,26). The zero-order valence-corrected chi connectivity index (χ0v) is 13.4. The second-order valence-corrected chi connectivity index (χ2v) is 5.27. The minimum atomic E-state index is -4.48. The molecular weight excluding hydrogens is 349 g/mol. The molecule has 7 nitrogen and oxygen atoms in total. The van der Waals surface area contributed by atoms with E-state index in [1.807, 2.05) is 0 Å². The lowest BCUT2D eigenvalue weighted by molar-refractivity contribution is -0.137. The zero-order chi connectivity index (χ0) is 18.7. The maximum atomic E-state index is 12.7. The van der Waals surface area contributed by atoms with E-state index in [0.29, 0.717) is 11.8 Å². The minimum absolute atomic E-state index is 0.0175. The van der Waals surface area contributed by atoms with E-state index in [2.05, 4.69) is 25.6 Å². The predicted molar refractivity (Wildman–Crippen MR) is 88.0 cm³/mol. The number of rotatable bonds is 3. The summed E-state index contributed by atoms with van der Waals surface area (Å²) in [5.41, 5.74) is -0.543. The molecule has 0 radical (unpaired) electrons. The molecule has 2 aromatic heterocycles. The van der Waals surface area contributed by atoms with Crippen molar-refractivity contribution in [2.45, 2.75) is 13.1 Å². The van der Waals surface area contributed by atoms with Crippen LogP contribution in [0.4, 0.5) is 29.3 Å². The number of halogens is 3. The zero-order valence-electron chi connectivity index (χ0n) is 13.4. The van der Waals surface area contributed by atoms with Crippen molar-refractivity contribution < 1.29 is 18.0 Å². The Bertz CT molecular complexity index is 920. The first kappa shape index (κ1) is 17.4. The molecule has 1 aromatic carbocycles. The molecule has 0 saturated heterocycles. The number of carbonyl (C=O) groups excluding carboxylic acids is 1. The van der Waals surface area contributed by atoms with Crippen LogP contribution in [0.2, 0.25) is 0 Å². The summed E-state index contributed by atoms with van der Waals surface area (Å²) in [4.78, 5) is 24.2. The number of urea groups is 1. The highest BCUT2D eigenvalue weighted by Crippen LogP contribution is 2.30. The van der Waals surface area contributed by atoms with Gasteiger partial charge in [0, 0.05) is 18.1 Å². The number of imidazole rings is 1. The van der Waals surface area contributed by atoms with Crippen LogP contribution in [-0.2, 0) is 6.18 Å². The van der Waals surface area contributed by atoms with E-state index in [-0.39, 0.29) is 11.4 Å². The van der Waals surface area contributed by atoms with Gasteiger partial charge in [-0.1, -0.05) is 6.07 Å². The fourth-order valence-electron chi connectivity index (χ4n) is 2.17. The van der Waals surface area contributed by atoms with E-state index in [0.717, 1.165) is 12.1 Å². The van der Waals surface area contributed by atoms with Crippen molar-refractivity contribution in [1.82, 2.24) is 19.5 Å². The summed E-state index contributed by atoms with van der Waals surface area (Å²) in [6.07, 6.45) is 1.58. The van der Waals surface area contributed by atoms with E-state index in [1.165, 1.54) is 24.5 Å². The lowest BCUT2D eigenvalue weighted by atomic mass is 10.2. The minimum Gasteiger partial charge on any atom is -0.308 e. The van der Waals surface area contributed by atoms with Crippen LogP contribution in [0.3, 0.4) is 0 Å². The van der Waals surface area contributed by atoms with Gasteiger partial charge < -0.3 is 10.6 Å². The molecule has 0 saturated carbocycles. The molecule has 2 amide bonds. The van der Waals surface area contributed by atoms with Gasteiger partial charge in [-0.3, -0.25) is 4.57 Å². The van der Waals surface area contributed by atoms with Gasteiger partial charge in [-0.2, -0.15) is 13.2 Å². The number of aryl methyl sites for hydroxylation is 1. The molecule has 0 fully saturated rings. The van der Waals surface area contributed by atoms with Crippen molar-refractivity contribution in [2.75, 3.05) is 10.6 Å². The van der Waals surface area contributed by atoms with Gasteiger partial charge in [0.15, 0.2) is 0 Å². The monoisotopic (exact) mass is 362 g/mol. The largest absolute Gasteiger partial charge is 0.416 e. The molecule has 0 atom stereocenters. The molecule has 0 aliphatic carbocycles. The molecule has 0 spiro atoms. The molecule has 3 rings (SSSR count). The lowest BCUT2D eigenvalue weighted by Gasteiger charge is -2.11. The number of alkyl halides is 3. The fraction of sp³-hybridized carbons (Fsp3) is 0.125. The van der Waals surface area contributed by atoms with Gasteiger partial charge in [0.05, 0.1) is 23.6 Å². The van der Waals surface area contributed by atoms with Crippen molar-refractivity contribution in [3.8, 4) is 5.95 Å². The number of anilines is 2. The molecule has 0 aliphatic rings. The summed E-state index contributed by atoms with van der Waals surface area (Å²) >= 11 is 0. The number of hydrogen-bond acceptors (Lipinski definition) is 4. The van der Waals surface area contributed by atoms with Gasteiger partial charge in [-0.05, 0) is 25.1 Å². The maximum Gasteiger partial charge on any atom is 0.416 e. The molecule has 26 heavy (non-hydrogen) atoms. The summed E-state index contributed by atoms with van der Waals surface area (Å²) < 4.78 is 39.7. The Labute approximate surface area is 145 Å². The first-order valence-electron chi connectivity index (χ1n) is 7.40. The summed E-state index contributed by atoms with van der Waals surface area (Å²) in [6.45, 7) is 1.79. The lowest BCUT2D eigenvalue weighted by Crippen LogP contribution is -2.20. The van der Waals surface area contributed by atoms with Crippen LogP contribution in [-0.4, -0.2) is 25.6 Å². The van der Waals surface area contributed by atoms with E-state index in [4.69, 9.17) is 0 Å². The Morgan fingerprint density at radius 3 is 2.38 bits per heavy atom. The molecule has 134 valence electrons. The van der Waals surface area contributed by atoms with Gasteiger partial charge in [-0.15, -0.1) is 0 Å². The van der Waals surface area contributed by atoms with Crippen LogP contribution in [0.25, 0.3) is 5.95 Å². The fourth-order valence-corrected chi connectivity index (χ4v) is 2.17. The molecule has 0 unspecified atom stereocenters. The molecule has 10 heteroatoms. The average Bonchev–Trinajstić information content (AvgIpc) is 3.01. The van der Waals surface area contributed by atoms with E-state index >= 15 is 0 Å². The Kier molecular flexibility index (Phi) is 4.57. The number of nitrogens with zero attached hydrogens (tertiary/aromatic N) is 4. The third-order valence-electron chi connectivity index (χ3n) is 3.39. The predicted octanol–water partition coefficient (Wildman–Crippen LogP) is 3.63. The Morgan fingerprint density at radius 2 is 1.77 bits per heavy atom. The normalized spacial score (nSPS) is 11.2. The second-order valence-electron chi connectivity index (χ2n) is 5.27. The van der Waals surface area contributed by atoms with Crippen molar-refractivity contribution in [1.29, 1.82) is 0 Å². The summed E-state index contributed by atoms with van der Waals surface area (Å²) in [6, 6.07) is 3.63. The summed E-state index contributed by atoms with van der Waals surface area (Å²) in [7, 11) is 0. The molecule has 2 N–H and O–H groups in total. The Balaban J connectivity index is 1.66. The first-order chi connectivity index (χ1) is 12.3. The SMILES string of the molecule is Cc1nccn1-c1ncc(NC(=O)Nc2cccc(C(F)(F)F)c2)cn1. The highest BCUT2D eigenvalue weighted by Gasteiger charge is 2.30. The number of benzene rings is 1. The third kappa shape index (κ3) is 3.97. The molecular formula is C16H13F3N6O.